The molecule has 3 nitrogen and oxygen atoms in total. The maximum absolute atomic E-state index is 2.62. The molecule has 0 spiro atoms. The summed E-state index contributed by atoms with van der Waals surface area (Å²) in [5.74, 6) is 0. The topological polar surface area (TPSA) is 11.4 Å². The smallest absolute Gasteiger partial charge is 0.273 e. The molecule has 4 heteroatoms. The van der Waals surface area contributed by atoms with Crippen LogP contribution in [0.1, 0.15) is 137 Å². The fourth-order valence-corrected chi connectivity index (χ4v) is 9.99. The van der Waals surface area contributed by atoms with Crippen LogP contribution in [0.15, 0.2) is 121 Å². The molecule has 0 saturated heterocycles. The molecular formula is C59H68BN3. The SMILES string of the molecule is Cc1cc2c3c(c1)N(c1ccc(C(C)(C)C)cc1)c1c(n(-c4ccc(C(C)(C)C)cc4)c4ccc(C(C)(C)C)cc14)B3c1cc(C(C)(C)C)ccc1N2c1ccc(C(C)(C)C)cc1. The van der Waals surface area contributed by atoms with Crippen LogP contribution in [0, 0.1) is 6.92 Å². The van der Waals surface area contributed by atoms with Gasteiger partial charge in [-0.15, -0.1) is 0 Å². The van der Waals surface area contributed by atoms with Crippen molar-refractivity contribution < 1.29 is 0 Å². The number of nitrogens with zero attached hydrogens (tertiary/aromatic N) is 3. The molecule has 1 aromatic heterocycles. The zero-order chi connectivity index (χ0) is 45.3. The molecule has 2 aliphatic rings. The second kappa shape index (κ2) is 14.3. The van der Waals surface area contributed by atoms with E-state index < -0.39 is 0 Å². The monoisotopic (exact) mass is 830 g/mol. The van der Waals surface area contributed by atoms with Crippen LogP contribution in [0.2, 0.25) is 0 Å². The van der Waals surface area contributed by atoms with Crippen molar-refractivity contribution >= 4 is 68.3 Å². The molecule has 0 N–H and O–H groups in total. The van der Waals surface area contributed by atoms with Crippen molar-refractivity contribution in [2.24, 2.45) is 0 Å². The van der Waals surface area contributed by atoms with Gasteiger partial charge in [-0.2, -0.15) is 0 Å². The third-order valence-electron chi connectivity index (χ3n) is 13.8. The normalized spacial score (nSPS) is 14.3. The summed E-state index contributed by atoms with van der Waals surface area (Å²) in [7, 11) is 0. The van der Waals surface area contributed by atoms with Crippen molar-refractivity contribution in [3.8, 4) is 5.69 Å². The quantitative estimate of drug-likeness (QED) is 0.164. The Morgan fingerprint density at radius 3 is 1.25 bits per heavy atom. The van der Waals surface area contributed by atoms with Gasteiger partial charge in [0.1, 0.15) is 0 Å². The van der Waals surface area contributed by atoms with Crippen LogP contribution in [-0.2, 0) is 27.1 Å². The van der Waals surface area contributed by atoms with Gasteiger partial charge in [0.25, 0.3) is 6.71 Å². The number of benzene rings is 6. The predicted octanol–water partition coefficient (Wildman–Crippen LogP) is 14.5. The summed E-state index contributed by atoms with van der Waals surface area (Å²) in [6, 6.07) is 47.7. The van der Waals surface area contributed by atoms with Gasteiger partial charge in [0, 0.05) is 45.1 Å². The Morgan fingerprint density at radius 2 is 0.778 bits per heavy atom. The van der Waals surface area contributed by atoms with Crippen LogP contribution in [0.4, 0.5) is 34.1 Å². The Balaban J connectivity index is 1.46. The van der Waals surface area contributed by atoms with Crippen molar-refractivity contribution in [2.75, 3.05) is 9.80 Å². The molecule has 0 amide bonds. The van der Waals surface area contributed by atoms with Gasteiger partial charge >= 0.3 is 0 Å². The molecule has 63 heavy (non-hydrogen) atoms. The highest BCUT2D eigenvalue weighted by Crippen LogP contribution is 2.49. The number of hydrogen-bond donors (Lipinski definition) is 0. The average molecular weight is 830 g/mol. The molecule has 0 atom stereocenters. The standard InChI is InChI=1S/C59H68BN3/c1-37-33-50-52-51(34-37)62(44-27-19-39(20-28-44)56(5,6)7)53-46-35-41(58(11,12)13)23-31-48(46)63(45-29-21-40(22-30-45)57(8,9)10)54(53)60(52)47-36-42(59(14,15)16)24-32-49(47)61(50)43-25-17-38(18-26-43)55(2,3)4/h17-36H,1-16H3. The Kier molecular flexibility index (Phi) is 9.69. The summed E-state index contributed by atoms with van der Waals surface area (Å²) in [5, 5.41) is 1.28. The van der Waals surface area contributed by atoms with Crippen molar-refractivity contribution in [3.05, 3.63) is 155 Å². The Morgan fingerprint density at radius 1 is 0.381 bits per heavy atom. The molecule has 0 fully saturated rings. The zero-order valence-electron chi connectivity index (χ0n) is 41.0. The second-order valence-corrected chi connectivity index (χ2v) is 23.8. The minimum absolute atomic E-state index is 0.0326. The molecule has 7 aromatic rings. The van der Waals surface area contributed by atoms with Crippen LogP contribution < -0.4 is 26.3 Å². The van der Waals surface area contributed by atoms with Crippen molar-refractivity contribution in [3.63, 3.8) is 0 Å². The van der Waals surface area contributed by atoms with Gasteiger partial charge in [0.05, 0.1) is 11.2 Å². The summed E-state index contributed by atoms with van der Waals surface area (Å²) in [6.45, 7) is 37.0. The summed E-state index contributed by atoms with van der Waals surface area (Å²) in [4.78, 5) is 5.18. The van der Waals surface area contributed by atoms with E-state index in [4.69, 9.17) is 0 Å². The molecule has 0 saturated carbocycles. The van der Waals surface area contributed by atoms with Gasteiger partial charge in [0.15, 0.2) is 0 Å². The lowest BCUT2D eigenvalue weighted by Crippen LogP contribution is -2.63. The number of rotatable bonds is 3. The minimum Gasteiger partial charge on any atom is -0.319 e. The van der Waals surface area contributed by atoms with E-state index in [2.05, 4.69) is 246 Å². The van der Waals surface area contributed by atoms with Crippen LogP contribution in [0.25, 0.3) is 16.6 Å². The van der Waals surface area contributed by atoms with Crippen LogP contribution in [0.3, 0.4) is 0 Å². The third-order valence-corrected chi connectivity index (χ3v) is 13.8. The molecule has 0 aliphatic carbocycles. The lowest BCUT2D eigenvalue weighted by Gasteiger charge is -2.44. The predicted molar refractivity (Wildman–Crippen MR) is 276 cm³/mol. The number of aryl methyl sites for hydroxylation is 1. The second-order valence-electron chi connectivity index (χ2n) is 23.8. The first kappa shape index (κ1) is 42.8. The van der Waals surface area contributed by atoms with E-state index in [1.54, 1.807) is 0 Å². The minimum atomic E-state index is -0.0501. The van der Waals surface area contributed by atoms with Gasteiger partial charge in [-0.3, -0.25) is 0 Å². The Hall–Kier alpha value is -5.48. The lowest BCUT2D eigenvalue weighted by atomic mass is 9.34. The van der Waals surface area contributed by atoms with Gasteiger partial charge in [0.2, 0.25) is 0 Å². The molecule has 2 aliphatic heterocycles. The van der Waals surface area contributed by atoms with E-state index in [0.717, 1.165) is 0 Å². The van der Waals surface area contributed by atoms with Crippen molar-refractivity contribution in [1.82, 2.24) is 4.57 Å². The maximum Gasteiger partial charge on any atom is 0.273 e. The molecule has 9 rings (SSSR count). The molecule has 6 aromatic carbocycles. The highest BCUT2D eigenvalue weighted by atomic mass is 15.2. The summed E-state index contributed by atoms with van der Waals surface area (Å²) >= 11 is 0. The first-order valence-corrected chi connectivity index (χ1v) is 23.2. The number of hydrogen-bond acceptors (Lipinski definition) is 2. The van der Waals surface area contributed by atoms with E-state index in [-0.39, 0.29) is 33.8 Å². The third kappa shape index (κ3) is 7.22. The maximum atomic E-state index is 2.62. The summed E-state index contributed by atoms with van der Waals surface area (Å²) < 4.78 is 2.62. The molecule has 0 unspecified atom stereocenters. The fourth-order valence-electron chi connectivity index (χ4n) is 9.99. The largest absolute Gasteiger partial charge is 0.319 e. The molecular weight excluding hydrogens is 761 g/mol. The fraction of sp³-hybridized carbons (Fsp3) is 0.356. The number of anilines is 6. The highest BCUT2D eigenvalue weighted by Gasteiger charge is 2.47. The summed E-state index contributed by atoms with van der Waals surface area (Å²) in [5.41, 5.74) is 21.7. The molecule has 0 bridgehead atoms. The first-order chi connectivity index (χ1) is 29.3. The Bertz CT molecular complexity index is 2890. The number of fused-ring (bicyclic) bond motifs is 6. The number of aromatic nitrogens is 1. The van der Waals surface area contributed by atoms with Crippen LogP contribution >= 0.6 is 0 Å². The van der Waals surface area contributed by atoms with Crippen LogP contribution in [-0.4, -0.2) is 11.3 Å². The van der Waals surface area contributed by atoms with Gasteiger partial charge < -0.3 is 14.4 Å². The van der Waals surface area contributed by atoms with Gasteiger partial charge in [-0.25, -0.2) is 0 Å². The summed E-state index contributed by atoms with van der Waals surface area (Å²) in [6.07, 6.45) is 0. The Labute approximate surface area is 379 Å². The van der Waals surface area contributed by atoms with E-state index in [9.17, 15) is 0 Å². The molecule has 3 heterocycles. The van der Waals surface area contributed by atoms with E-state index in [1.165, 1.54) is 101 Å². The average Bonchev–Trinajstić information content (AvgIpc) is 3.53. The van der Waals surface area contributed by atoms with Gasteiger partial charge in [-0.05, 0) is 145 Å². The first-order valence-electron chi connectivity index (χ1n) is 23.2. The lowest BCUT2D eigenvalue weighted by molar-refractivity contribution is 0.590. The van der Waals surface area contributed by atoms with E-state index >= 15 is 0 Å². The zero-order valence-corrected chi connectivity index (χ0v) is 41.0. The highest BCUT2D eigenvalue weighted by molar-refractivity contribution is 7.00. The molecule has 0 radical (unpaired) electrons. The van der Waals surface area contributed by atoms with E-state index in [0.29, 0.717) is 0 Å². The van der Waals surface area contributed by atoms with Gasteiger partial charge in [-0.1, -0.05) is 158 Å². The van der Waals surface area contributed by atoms with Crippen LogP contribution in [0.5, 0.6) is 0 Å². The van der Waals surface area contributed by atoms with Crippen molar-refractivity contribution in [2.45, 2.75) is 138 Å². The van der Waals surface area contributed by atoms with E-state index in [1.807, 2.05) is 0 Å². The van der Waals surface area contributed by atoms with Crippen molar-refractivity contribution in [1.29, 1.82) is 0 Å². The molecule has 322 valence electrons.